The van der Waals surface area contributed by atoms with Gasteiger partial charge in [-0.05, 0) is 51.6 Å². The van der Waals surface area contributed by atoms with Gasteiger partial charge >= 0.3 is 0 Å². The molecular weight excluding hydrogens is 196 g/mol. The minimum atomic E-state index is 0.707. The van der Waals surface area contributed by atoms with Crippen LogP contribution in [0.15, 0.2) is 0 Å². The molecule has 16 heavy (non-hydrogen) atoms. The Morgan fingerprint density at radius 2 is 1.94 bits per heavy atom. The molecule has 0 aromatic heterocycles. The highest BCUT2D eigenvalue weighted by Gasteiger charge is 2.26. The maximum atomic E-state index is 3.74. The molecule has 1 saturated heterocycles. The quantitative estimate of drug-likeness (QED) is 0.775. The second-order valence-corrected chi connectivity index (χ2v) is 6.10. The van der Waals surface area contributed by atoms with Crippen LogP contribution in [0.3, 0.4) is 0 Å². The van der Waals surface area contributed by atoms with Gasteiger partial charge in [0.1, 0.15) is 0 Å². The van der Waals surface area contributed by atoms with E-state index in [1.807, 2.05) is 0 Å². The standard InChI is InChI=1S/C14H30N2/c1-11(2)6-8-15-14-7-9-16(12(3)4)10-13(14)5/h11-15H,6-10H2,1-5H3/t13-,14-/m1/s1. The minimum Gasteiger partial charge on any atom is -0.314 e. The zero-order valence-electron chi connectivity index (χ0n) is 11.8. The molecule has 1 heterocycles. The van der Waals surface area contributed by atoms with Crippen molar-refractivity contribution in [3.05, 3.63) is 0 Å². The van der Waals surface area contributed by atoms with Crippen molar-refractivity contribution in [3.63, 3.8) is 0 Å². The first-order chi connectivity index (χ1) is 7.50. The molecule has 2 heteroatoms. The molecule has 1 N–H and O–H groups in total. The average molecular weight is 226 g/mol. The molecule has 2 nitrogen and oxygen atoms in total. The Hall–Kier alpha value is -0.0800. The summed E-state index contributed by atoms with van der Waals surface area (Å²) < 4.78 is 0. The fourth-order valence-electron chi connectivity index (χ4n) is 2.51. The fraction of sp³-hybridized carbons (Fsp3) is 1.00. The molecule has 0 saturated carbocycles. The van der Waals surface area contributed by atoms with Gasteiger partial charge in [0.25, 0.3) is 0 Å². The van der Waals surface area contributed by atoms with Crippen LogP contribution < -0.4 is 5.32 Å². The largest absolute Gasteiger partial charge is 0.314 e. The predicted octanol–water partition coefficient (Wildman–Crippen LogP) is 2.74. The van der Waals surface area contributed by atoms with Gasteiger partial charge in [0, 0.05) is 18.6 Å². The van der Waals surface area contributed by atoms with E-state index in [-0.39, 0.29) is 0 Å². The molecule has 0 aromatic carbocycles. The van der Waals surface area contributed by atoms with Gasteiger partial charge in [0.15, 0.2) is 0 Å². The monoisotopic (exact) mass is 226 g/mol. The molecule has 1 rings (SSSR count). The van der Waals surface area contributed by atoms with Crippen LogP contribution in [0.25, 0.3) is 0 Å². The first kappa shape index (κ1) is 14.0. The molecule has 0 unspecified atom stereocenters. The van der Waals surface area contributed by atoms with Crippen LogP contribution >= 0.6 is 0 Å². The molecule has 1 fully saturated rings. The average Bonchev–Trinajstić information content (AvgIpc) is 2.19. The Morgan fingerprint density at radius 1 is 1.25 bits per heavy atom. The molecule has 0 aliphatic carbocycles. The van der Waals surface area contributed by atoms with Gasteiger partial charge in [-0.1, -0.05) is 20.8 Å². The molecule has 0 amide bonds. The van der Waals surface area contributed by atoms with Crippen LogP contribution in [-0.4, -0.2) is 36.6 Å². The van der Waals surface area contributed by atoms with Crippen molar-refractivity contribution in [1.29, 1.82) is 0 Å². The van der Waals surface area contributed by atoms with E-state index in [1.54, 1.807) is 0 Å². The topological polar surface area (TPSA) is 15.3 Å². The molecule has 2 atom stereocenters. The lowest BCUT2D eigenvalue weighted by Gasteiger charge is -2.39. The van der Waals surface area contributed by atoms with Crippen molar-refractivity contribution in [2.24, 2.45) is 11.8 Å². The highest BCUT2D eigenvalue weighted by atomic mass is 15.2. The van der Waals surface area contributed by atoms with Gasteiger partial charge in [-0.3, -0.25) is 0 Å². The van der Waals surface area contributed by atoms with Crippen molar-refractivity contribution < 1.29 is 0 Å². The smallest absolute Gasteiger partial charge is 0.0117 e. The first-order valence-corrected chi connectivity index (χ1v) is 6.98. The lowest BCUT2D eigenvalue weighted by atomic mass is 9.92. The molecule has 0 radical (unpaired) electrons. The minimum absolute atomic E-state index is 0.707. The molecule has 1 aliphatic heterocycles. The Kier molecular flexibility index (Phi) is 5.77. The van der Waals surface area contributed by atoms with Gasteiger partial charge < -0.3 is 10.2 Å². The summed E-state index contributed by atoms with van der Waals surface area (Å²) in [5.41, 5.74) is 0. The van der Waals surface area contributed by atoms with E-state index in [9.17, 15) is 0 Å². The number of piperidine rings is 1. The summed E-state index contributed by atoms with van der Waals surface area (Å²) in [6.45, 7) is 15.3. The molecule has 96 valence electrons. The van der Waals surface area contributed by atoms with Crippen molar-refractivity contribution in [3.8, 4) is 0 Å². The number of likely N-dealkylation sites (tertiary alicyclic amines) is 1. The Labute approximate surface area is 102 Å². The van der Waals surface area contributed by atoms with Crippen molar-refractivity contribution >= 4 is 0 Å². The number of rotatable bonds is 5. The highest BCUT2D eigenvalue weighted by Crippen LogP contribution is 2.18. The van der Waals surface area contributed by atoms with Gasteiger partial charge in [0.05, 0.1) is 0 Å². The predicted molar refractivity (Wildman–Crippen MR) is 71.7 cm³/mol. The van der Waals surface area contributed by atoms with E-state index in [1.165, 1.54) is 32.5 Å². The summed E-state index contributed by atoms with van der Waals surface area (Å²) in [6.07, 6.45) is 2.62. The van der Waals surface area contributed by atoms with E-state index < -0.39 is 0 Å². The zero-order valence-corrected chi connectivity index (χ0v) is 11.8. The summed E-state index contributed by atoms with van der Waals surface area (Å²) in [6, 6.07) is 1.45. The third kappa shape index (κ3) is 4.42. The molecule has 1 aliphatic rings. The Bertz CT molecular complexity index is 187. The summed E-state index contributed by atoms with van der Waals surface area (Å²) in [7, 11) is 0. The van der Waals surface area contributed by atoms with Gasteiger partial charge in [-0.25, -0.2) is 0 Å². The van der Waals surface area contributed by atoms with Gasteiger partial charge in [-0.2, -0.15) is 0 Å². The number of hydrogen-bond acceptors (Lipinski definition) is 2. The van der Waals surface area contributed by atoms with E-state index in [4.69, 9.17) is 0 Å². The summed E-state index contributed by atoms with van der Waals surface area (Å²) in [4.78, 5) is 2.60. The number of nitrogens with one attached hydrogen (secondary N) is 1. The summed E-state index contributed by atoms with van der Waals surface area (Å²) in [5.74, 6) is 1.61. The normalized spacial score (nSPS) is 27.9. The van der Waals surface area contributed by atoms with Crippen molar-refractivity contribution in [2.45, 2.75) is 59.5 Å². The van der Waals surface area contributed by atoms with Crippen molar-refractivity contribution in [1.82, 2.24) is 10.2 Å². The third-order valence-electron chi connectivity index (χ3n) is 3.80. The number of hydrogen-bond donors (Lipinski definition) is 1. The lowest BCUT2D eigenvalue weighted by molar-refractivity contribution is 0.118. The first-order valence-electron chi connectivity index (χ1n) is 6.98. The van der Waals surface area contributed by atoms with Crippen LogP contribution in [0.4, 0.5) is 0 Å². The van der Waals surface area contributed by atoms with Crippen LogP contribution in [-0.2, 0) is 0 Å². The van der Waals surface area contributed by atoms with Crippen molar-refractivity contribution in [2.75, 3.05) is 19.6 Å². The van der Waals surface area contributed by atoms with Crippen LogP contribution in [0.2, 0.25) is 0 Å². The van der Waals surface area contributed by atoms with Gasteiger partial charge in [0.2, 0.25) is 0 Å². The molecule has 0 aromatic rings. The second-order valence-electron chi connectivity index (χ2n) is 6.10. The summed E-state index contributed by atoms with van der Waals surface area (Å²) >= 11 is 0. The molecular formula is C14H30N2. The van der Waals surface area contributed by atoms with Crippen LogP contribution in [0.1, 0.15) is 47.5 Å². The molecule has 0 bridgehead atoms. The number of nitrogens with zero attached hydrogens (tertiary/aromatic N) is 1. The Balaban J connectivity index is 2.25. The Morgan fingerprint density at radius 3 is 2.44 bits per heavy atom. The van der Waals surface area contributed by atoms with E-state index in [2.05, 4.69) is 44.8 Å². The van der Waals surface area contributed by atoms with E-state index in [0.717, 1.165) is 17.9 Å². The maximum absolute atomic E-state index is 3.74. The molecule has 0 spiro atoms. The maximum Gasteiger partial charge on any atom is 0.0117 e. The second kappa shape index (κ2) is 6.61. The zero-order chi connectivity index (χ0) is 12.1. The lowest BCUT2D eigenvalue weighted by Crippen LogP contribution is -2.50. The van der Waals surface area contributed by atoms with Crippen LogP contribution in [0, 0.1) is 11.8 Å². The highest BCUT2D eigenvalue weighted by molar-refractivity contribution is 4.83. The van der Waals surface area contributed by atoms with E-state index in [0.29, 0.717) is 6.04 Å². The third-order valence-corrected chi connectivity index (χ3v) is 3.80. The van der Waals surface area contributed by atoms with Gasteiger partial charge in [-0.15, -0.1) is 0 Å². The SMILES string of the molecule is CC(C)CCN[C@@H]1CCN(C(C)C)C[C@H]1C. The van der Waals surface area contributed by atoms with Crippen LogP contribution in [0.5, 0.6) is 0 Å². The fourth-order valence-corrected chi connectivity index (χ4v) is 2.51. The van der Waals surface area contributed by atoms with E-state index >= 15 is 0 Å². The summed E-state index contributed by atoms with van der Waals surface area (Å²) in [5, 5.41) is 3.74.